The molecule has 0 saturated carbocycles. The lowest BCUT2D eigenvalue weighted by Crippen LogP contribution is -2.16. The van der Waals surface area contributed by atoms with Gasteiger partial charge in [0.05, 0.1) is 14.6 Å². The van der Waals surface area contributed by atoms with E-state index in [1.807, 2.05) is 0 Å². The third-order valence-corrected chi connectivity index (χ3v) is 10.1. The highest BCUT2D eigenvalue weighted by molar-refractivity contribution is 7.19. The standard InChI is InChI=1S/C27H18O12S3/c28-25(29)22-16-13(34-1-4-37-16)19(40-22)10-7-11(20-14-17(38-5-2-35-14)23(41-20)26(30)31)9-12(8-10)21-15-18(39-6-3-36-15)24(42-21)27(32)33/h7-9H,1-6H2,(H,28,29)(H,30,31)(H,32,33). The van der Waals surface area contributed by atoms with Crippen LogP contribution in [0, 0.1) is 0 Å². The predicted octanol–water partition coefficient (Wildman–Crippen LogP) is 5.28. The van der Waals surface area contributed by atoms with Gasteiger partial charge in [0, 0.05) is 0 Å². The molecule has 0 amide bonds. The molecule has 1 aromatic carbocycles. The number of carbonyl (C=O) groups is 3. The van der Waals surface area contributed by atoms with E-state index in [1.54, 1.807) is 18.2 Å². The van der Waals surface area contributed by atoms with Crippen LogP contribution in [0.5, 0.6) is 34.5 Å². The molecule has 6 heterocycles. The van der Waals surface area contributed by atoms with Crippen LogP contribution in [0.4, 0.5) is 0 Å². The molecule has 0 unspecified atom stereocenters. The van der Waals surface area contributed by atoms with Crippen LogP contribution in [0.2, 0.25) is 0 Å². The van der Waals surface area contributed by atoms with Crippen molar-refractivity contribution >= 4 is 51.9 Å². The van der Waals surface area contributed by atoms with E-state index in [4.69, 9.17) is 28.4 Å². The average Bonchev–Trinajstić information content (AvgIpc) is 3.69. The van der Waals surface area contributed by atoms with Crippen molar-refractivity contribution in [3.05, 3.63) is 32.8 Å². The van der Waals surface area contributed by atoms with Crippen molar-refractivity contribution in [2.24, 2.45) is 0 Å². The van der Waals surface area contributed by atoms with E-state index < -0.39 is 17.9 Å². The second-order valence-corrected chi connectivity index (χ2v) is 12.1. The molecular formula is C27H18O12S3. The minimum Gasteiger partial charge on any atom is -0.485 e. The number of thiophene rings is 3. The number of ether oxygens (including phenoxy) is 6. The SMILES string of the molecule is O=C(O)c1sc(-c2cc(-c3sc(C(=O)O)c4c3OCCO4)cc(-c3sc(C(=O)O)c4c3OCCO4)c2)c2c1OCCO2. The Kier molecular flexibility index (Phi) is 6.36. The number of rotatable bonds is 6. The predicted molar refractivity (Wildman–Crippen MR) is 150 cm³/mol. The summed E-state index contributed by atoms with van der Waals surface area (Å²) in [5.41, 5.74) is 1.61. The molecule has 3 N–H and O–H groups in total. The van der Waals surface area contributed by atoms with Crippen molar-refractivity contribution in [3.8, 4) is 65.8 Å². The quantitative estimate of drug-likeness (QED) is 0.253. The van der Waals surface area contributed by atoms with Gasteiger partial charge in [-0.1, -0.05) is 0 Å². The molecule has 0 saturated heterocycles. The molecule has 3 aliphatic heterocycles. The van der Waals surface area contributed by atoms with Crippen molar-refractivity contribution < 1.29 is 58.1 Å². The molecule has 216 valence electrons. The first kappa shape index (κ1) is 26.4. The van der Waals surface area contributed by atoms with E-state index in [0.29, 0.717) is 31.3 Å². The van der Waals surface area contributed by atoms with E-state index in [0.717, 1.165) is 34.0 Å². The average molecular weight is 631 g/mol. The number of hydrogen-bond donors (Lipinski definition) is 3. The van der Waals surface area contributed by atoms with Gasteiger partial charge in [-0.15, -0.1) is 34.0 Å². The summed E-state index contributed by atoms with van der Waals surface area (Å²) < 4.78 is 34.6. The summed E-state index contributed by atoms with van der Waals surface area (Å²) in [4.78, 5) is 37.5. The lowest BCUT2D eigenvalue weighted by Gasteiger charge is -2.19. The highest BCUT2D eigenvalue weighted by Crippen LogP contribution is 2.55. The number of hydrogen-bond acceptors (Lipinski definition) is 12. The van der Waals surface area contributed by atoms with Crippen LogP contribution in [0.1, 0.15) is 29.0 Å². The van der Waals surface area contributed by atoms with E-state index >= 15 is 0 Å². The van der Waals surface area contributed by atoms with Crippen LogP contribution in [-0.2, 0) is 0 Å². The van der Waals surface area contributed by atoms with Crippen LogP contribution >= 0.6 is 34.0 Å². The molecule has 0 spiro atoms. The monoisotopic (exact) mass is 630 g/mol. The highest BCUT2D eigenvalue weighted by atomic mass is 32.1. The van der Waals surface area contributed by atoms with Gasteiger partial charge in [0.2, 0.25) is 0 Å². The Morgan fingerprint density at radius 2 is 0.690 bits per heavy atom. The lowest BCUT2D eigenvalue weighted by atomic mass is 10.0. The number of carboxylic acids is 3. The normalized spacial score (nSPS) is 14.9. The van der Waals surface area contributed by atoms with Gasteiger partial charge in [-0.05, 0) is 34.9 Å². The topological polar surface area (TPSA) is 167 Å². The molecule has 3 aromatic heterocycles. The minimum absolute atomic E-state index is 0.0246. The maximum Gasteiger partial charge on any atom is 0.349 e. The summed E-state index contributed by atoms with van der Waals surface area (Å²) in [6, 6.07) is 5.30. The third-order valence-electron chi connectivity index (χ3n) is 6.50. The highest BCUT2D eigenvalue weighted by Gasteiger charge is 2.34. The molecule has 3 aliphatic rings. The summed E-state index contributed by atoms with van der Waals surface area (Å²) in [5.74, 6) is -2.25. The Labute approximate surface area is 247 Å². The molecule has 0 aliphatic carbocycles. The Bertz CT molecular complexity index is 1580. The fraction of sp³-hybridized carbons (Fsp3) is 0.222. The Balaban J connectivity index is 1.50. The Morgan fingerprint density at radius 1 is 0.452 bits per heavy atom. The molecule has 15 heteroatoms. The second-order valence-electron chi connectivity index (χ2n) is 9.06. The van der Waals surface area contributed by atoms with Crippen molar-refractivity contribution in [1.29, 1.82) is 0 Å². The molecule has 7 rings (SSSR count). The van der Waals surface area contributed by atoms with Crippen molar-refractivity contribution in [1.82, 2.24) is 0 Å². The molecule has 12 nitrogen and oxygen atoms in total. The molecule has 0 radical (unpaired) electrons. The maximum atomic E-state index is 12.1. The van der Waals surface area contributed by atoms with Crippen molar-refractivity contribution in [3.63, 3.8) is 0 Å². The zero-order valence-electron chi connectivity index (χ0n) is 21.2. The molecule has 42 heavy (non-hydrogen) atoms. The van der Waals surface area contributed by atoms with Gasteiger partial charge in [0.25, 0.3) is 0 Å². The number of fused-ring (bicyclic) bond motifs is 3. The zero-order chi connectivity index (χ0) is 29.1. The minimum atomic E-state index is -1.17. The van der Waals surface area contributed by atoms with E-state index in [2.05, 4.69) is 0 Å². The lowest BCUT2D eigenvalue weighted by molar-refractivity contribution is 0.0682. The first-order valence-corrected chi connectivity index (χ1v) is 14.9. The van der Waals surface area contributed by atoms with Crippen molar-refractivity contribution in [2.75, 3.05) is 39.6 Å². The third kappa shape index (κ3) is 4.19. The van der Waals surface area contributed by atoms with Gasteiger partial charge in [0.1, 0.15) is 39.6 Å². The van der Waals surface area contributed by atoms with E-state index in [-0.39, 0.29) is 88.8 Å². The second kappa shape index (κ2) is 10.1. The Morgan fingerprint density at radius 3 is 0.929 bits per heavy atom. The zero-order valence-corrected chi connectivity index (χ0v) is 23.7. The number of benzene rings is 1. The summed E-state index contributed by atoms with van der Waals surface area (Å²) in [6.45, 7) is 1.25. The van der Waals surface area contributed by atoms with Crippen LogP contribution in [-0.4, -0.2) is 72.9 Å². The molecular weight excluding hydrogens is 612 g/mol. The van der Waals surface area contributed by atoms with Crippen LogP contribution < -0.4 is 28.4 Å². The summed E-state index contributed by atoms with van der Waals surface area (Å²) in [7, 11) is 0. The van der Waals surface area contributed by atoms with Crippen molar-refractivity contribution in [2.45, 2.75) is 0 Å². The van der Waals surface area contributed by atoms with Crippen LogP contribution in [0.25, 0.3) is 31.3 Å². The van der Waals surface area contributed by atoms with Gasteiger partial charge in [-0.2, -0.15) is 0 Å². The fourth-order valence-corrected chi connectivity index (χ4v) is 7.91. The van der Waals surface area contributed by atoms with Gasteiger partial charge in [-0.25, -0.2) is 14.4 Å². The number of carboxylic acid groups (broad SMARTS) is 3. The molecule has 4 aromatic rings. The van der Waals surface area contributed by atoms with Crippen LogP contribution in [0.15, 0.2) is 18.2 Å². The van der Waals surface area contributed by atoms with E-state index in [9.17, 15) is 29.7 Å². The largest absolute Gasteiger partial charge is 0.485 e. The van der Waals surface area contributed by atoms with Gasteiger partial charge in [0.15, 0.2) is 49.1 Å². The Hall–Kier alpha value is -4.47. The van der Waals surface area contributed by atoms with Crippen LogP contribution in [0.3, 0.4) is 0 Å². The first-order chi connectivity index (χ1) is 20.3. The van der Waals surface area contributed by atoms with Gasteiger partial charge >= 0.3 is 17.9 Å². The fourth-order valence-electron chi connectivity index (χ4n) is 4.87. The summed E-state index contributed by atoms with van der Waals surface area (Å²) in [6.07, 6.45) is 0. The summed E-state index contributed by atoms with van der Waals surface area (Å²) >= 11 is 2.94. The number of aromatic carboxylic acids is 3. The molecule has 0 fully saturated rings. The van der Waals surface area contributed by atoms with Gasteiger partial charge < -0.3 is 43.7 Å². The molecule has 0 atom stereocenters. The van der Waals surface area contributed by atoms with Gasteiger partial charge in [-0.3, -0.25) is 0 Å². The maximum absolute atomic E-state index is 12.1. The smallest absolute Gasteiger partial charge is 0.349 e. The molecule has 0 bridgehead atoms. The summed E-state index contributed by atoms with van der Waals surface area (Å²) in [5, 5.41) is 29.5. The van der Waals surface area contributed by atoms with E-state index in [1.165, 1.54) is 0 Å². The first-order valence-electron chi connectivity index (χ1n) is 12.4.